The molecule has 0 saturated heterocycles. The second-order valence-electron chi connectivity index (χ2n) is 6.00. The van der Waals surface area contributed by atoms with Gasteiger partial charge in [0, 0.05) is 11.1 Å². The molecular formula is C19H17ClNO+. The minimum atomic E-state index is 0.843. The maximum atomic E-state index is 6.77. The molecular weight excluding hydrogens is 294 g/mol. The smallest absolute Gasteiger partial charge is 0.169 e. The van der Waals surface area contributed by atoms with Gasteiger partial charge < -0.3 is 4.74 Å². The highest BCUT2D eigenvalue weighted by molar-refractivity contribution is 6.51. The standard InChI is InChI=1S/C19H17ClNO/c1-21(2)11-13-7-9-15-18(20)17-14-6-4-3-5-12(14)8-10-16(17)22-19(13)15/h3-6,8,10-11H,7,9H2,1-2H3/q+1. The highest BCUT2D eigenvalue weighted by atomic mass is 35.5. The minimum Gasteiger partial charge on any atom is -0.456 e. The van der Waals surface area contributed by atoms with E-state index in [1.165, 1.54) is 11.0 Å². The molecule has 1 heterocycles. The zero-order chi connectivity index (χ0) is 15.3. The topological polar surface area (TPSA) is 12.2 Å². The molecule has 4 rings (SSSR count). The fourth-order valence-corrected chi connectivity index (χ4v) is 3.65. The van der Waals surface area contributed by atoms with E-state index in [0.717, 1.165) is 45.9 Å². The number of ether oxygens (including phenoxy) is 1. The van der Waals surface area contributed by atoms with Crippen molar-refractivity contribution >= 4 is 33.6 Å². The second-order valence-corrected chi connectivity index (χ2v) is 6.38. The number of nitrogens with zero attached hydrogens (tertiary/aromatic N) is 1. The van der Waals surface area contributed by atoms with Crippen LogP contribution in [0.1, 0.15) is 18.4 Å². The van der Waals surface area contributed by atoms with Gasteiger partial charge in [0.1, 0.15) is 25.6 Å². The zero-order valence-electron chi connectivity index (χ0n) is 12.7. The molecule has 0 radical (unpaired) electrons. The summed E-state index contributed by atoms with van der Waals surface area (Å²) >= 11 is 6.77. The van der Waals surface area contributed by atoms with Crippen LogP contribution in [0.15, 0.2) is 53.3 Å². The van der Waals surface area contributed by atoms with Crippen LogP contribution in [0.3, 0.4) is 0 Å². The molecule has 0 spiro atoms. The predicted octanol–water partition coefficient (Wildman–Crippen LogP) is 4.57. The Balaban J connectivity index is 1.98. The number of allylic oxidation sites excluding steroid dienone is 2. The summed E-state index contributed by atoms with van der Waals surface area (Å²) in [7, 11) is 4.06. The molecule has 0 saturated carbocycles. The Hall–Kier alpha value is -2.06. The number of benzene rings is 2. The molecule has 0 amide bonds. The van der Waals surface area contributed by atoms with Crippen LogP contribution in [0.4, 0.5) is 0 Å². The van der Waals surface area contributed by atoms with E-state index in [0.29, 0.717) is 0 Å². The Morgan fingerprint density at radius 3 is 2.73 bits per heavy atom. The van der Waals surface area contributed by atoms with E-state index in [2.05, 4.69) is 29.0 Å². The third-order valence-corrected chi connectivity index (χ3v) is 4.63. The molecule has 1 aliphatic carbocycles. The molecule has 3 heteroatoms. The molecule has 22 heavy (non-hydrogen) atoms. The lowest BCUT2D eigenvalue weighted by atomic mass is 9.98. The molecule has 0 N–H and O–H groups in total. The average molecular weight is 311 g/mol. The van der Waals surface area contributed by atoms with E-state index in [1.807, 2.05) is 32.3 Å². The van der Waals surface area contributed by atoms with Crippen molar-refractivity contribution in [2.45, 2.75) is 12.8 Å². The molecule has 0 bridgehead atoms. The molecule has 0 aromatic heterocycles. The summed E-state index contributed by atoms with van der Waals surface area (Å²) < 4.78 is 8.28. The first kappa shape index (κ1) is 13.6. The van der Waals surface area contributed by atoms with Gasteiger partial charge in [-0.25, -0.2) is 4.58 Å². The van der Waals surface area contributed by atoms with Crippen molar-refractivity contribution in [1.29, 1.82) is 0 Å². The van der Waals surface area contributed by atoms with Gasteiger partial charge in [-0.15, -0.1) is 0 Å². The highest BCUT2D eigenvalue weighted by Gasteiger charge is 2.31. The Morgan fingerprint density at radius 2 is 1.91 bits per heavy atom. The molecule has 0 unspecified atom stereocenters. The van der Waals surface area contributed by atoms with Crippen molar-refractivity contribution in [3.05, 3.63) is 58.9 Å². The monoisotopic (exact) mass is 310 g/mol. The summed E-state index contributed by atoms with van der Waals surface area (Å²) in [5, 5.41) is 3.19. The highest BCUT2D eigenvalue weighted by Crippen LogP contribution is 2.48. The Labute approximate surface area is 135 Å². The lowest BCUT2D eigenvalue weighted by Gasteiger charge is -2.22. The van der Waals surface area contributed by atoms with E-state index in [-0.39, 0.29) is 0 Å². The molecule has 2 aromatic carbocycles. The summed E-state index contributed by atoms with van der Waals surface area (Å²) in [4.78, 5) is 0. The van der Waals surface area contributed by atoms with Crippen LogP contribution in [0.25, 0.3) is 15.8 Å². The fourth-order valence-electron chi connectivity index (χ4n) is 3.28. The normalized spacial score (nSPS) is 16.5. The van der Waals surface area contributed by atoms with Crippen molar-refractivity contribution < 1.29 is 9.31 Å². The molecule has 2 nitrogen and oxygen atoms in total. The van der Waals surface area contributed by atoms with Crippen LogP contribution in [-0.4, -0.2) is 24.9 Å². The number of halogens is 1. The molecule has 1 aliphatic heterocycles. The number of rotatable bonds is 1. The second kappa shape index (κ2) is 4.99. The zero-order valence-corrected chi connectivity index (χ0v) is 13.4. The molecule has 2 aromatic rings. The van der Waals surface area contributed by atoms with E-state index in [4.69, 9.17) is 16.3 Å². The van der Waals surface area contributed by atoms with Gasteiger partial charge in [-0.05, 0) is 29.7 Å². The van der Waals surface area contributed by atoms with E-state index >= 15 is 0 Å². The van der Waals surface area contributed by atoms with Gasteiger partial charge in [0.2, 0.25) is 0 Å². The first-order valence-electron chi connectivity index (χ1n) is 7.48. The summed E-state index contributed by atoms with van der Waals surface area (Å²) in [6.07, 6.45) is 4.04. The fraction of sp³-hybridized carbons (Fsp3) is 0.211. The van der Waals surface area contributed by atoms with Crippen molar-refractivity contribution in [3.8, 4) is 5.75 Å². The van der Waals surface area contributed by atoms with Gasteiger partial charge in [0.05, 0.1) is 10.6 Å². The third-order valence-electron chi connectivity index (χ3n) is 4.21. The van der Waals surface area contributed by atoms with E-state index < -0.39 is 0 Å². The van der Waals surface area contributed by atoms with Crippen LogP contribution >= 0.6 is 11.6 Å². The maximum Gasteiger partial charge on any atom is 0.169 e. The van der Waals surface area contributed by atoms with Crippen LogP contribution in [-0.2, 0) is 0 Å². The van der Waals surface area contributed by atoms with Gasteiger partial charge in [0.15, 0.2) is 6.21 Å². The van der Waals surface area contributed by atoms with Gasteiger partial charge in [-0.2, -0.15) is 0 Å². The van der Waals surface area contributed by atoms with Gasteiger partial charge in [-0.3, -0.25) is 0 Å². The maximum absolute atomic E-state index is 6.77. The van der Waals surface area contributed by atoms with E-state index in [9.17, 15) is 0 Å². The van der Waals surface area contributed by atoms with Crippen LogP contribution in [0.5, 0.6) is 5.75 Å². The summed E-state index contributed by atoms with van der Waals surface area (Å²) in [6, 6.07) is 12.4. The van der Waals surface area contributed by atoms with Crippen molar-refractivity contribution in [1.82, 2.24) is 0 Å². The molecule has 2 aliphatic rings. The third kappa shape index (κ3) is 1.98. The number of fused-ring (bicyclic) bond motifs is 4. The van der Waals surface area contributed by atoms with Crippen LogP contribution < -0.4 is 4.74 Å². The predicted molar refractivity (Wildman–Crippen MR) is 91.8 cm³/mol. The largest absolute Gasteiger partial charge is 0.456 e. The Morgan fingerprint density at radius 1 is 1.09 bits per heavy atom. The molecule has 0 fully saturated rings. The number of hydrogen-bond acceptors (Lipinski definition) is 1. The van der Waals surface area contributed by atoms with Crippen LogP contribution in [0.2, 0.25) is 0 Å². The summed E-state index contributed by atoms with van der Waals surface area (Å²) in [5.74, 6) is 1.80. The summed E-state index contributed by atoms with van der Waals surface area (Å²) in [5.41, 5.74) is 3.39. The van der Waals surface area contributed by atoms with Gasteiger partial charge in [-0.1, -0.05) is 41.9 Å². The van der Waals surface area contributed by atoms with Crippen LogP contribution in [0, 0.1) is 0 Å². The summed E-state index contributed by atoms with van der Waals surface area (Å²) in [6.45, 7) is 0. The minimum absolute atomic E-state index is 0.843. The average Bonchev–Trinajstić information content (AvgIpc) is 2.89. The molecule has 110 valence electrons. The Kier molecular flexibility index (Phi) is 3.08. The SMILES string of the molecule is C[N+](C)=CC1=C2Oc3ccc4ccccc4c3C(Cl)=C2CC1. The van der Waals surface area contributed by atoms with Crippen molar-refractivity contribution in [2.24, 2.45) is 0 Å². The van der Waals surface area contributed by atoms with E-state index in [1.54, 1.807) is 0 Å². The Bertz CT molecular complexity index is 885. The first-order valence-corrected chi connectivity index (χ1v) is 7.86. The lowest BCUT2D eigenvalue weighted by Crippen LogP contribution is -2.08. The van der Waals surface area contributed by atoms with Crippen molar-refractivity contribution in [2.75, 3.05) is 14.1 Å². The molecule has 0 atom stereocenters. The lowest BCUT2D eigenvalue weighted by molar-refractivity contribution is -0.459. The quantitative estimate of drug-likeness (QED) is 0.555. The van der Waals surface area contributed by atoms with Crippen molar-refractivity contribution in [3.63, 3.8) is 0 Å². The van der Waals surface area contributed by atoms with Gasteiger partial charge in [0.25, 0.3) is 0 Å². The number of hydrogen-bond donors (Lipinski definition) is 0. The van der Waals surface area contributed by atoms with Gasteiger partial charge >= 0.3 is 0 Å². The first-order chi connectivity index (χ1) is 10.6.